The van der Waals surface area contributed by atoms with Crippen LogP contribution in [-0.2, 0) is 10.2 Å². The lowest BCUT2D eigenvalue weighted by molar-refractivity contribution is 0.265. The van der Waals surface area contributed by atoms with Crippen LogP contribution < -0.4 is 14.2 Å². The zero-order valence-corrected chi connectivity index (χ0v) is 19.6. The van der Waals surface area contributed by atoms with Gasteiger partial charge in [-0.05, 0) is 37.5 Å². The highest BCUT2D eigenvalue weighted by atomic mass is 32.2. The lowest BCUT2D eigenvalue weighted by atomic mass is 9.90. The molecule has 2 heterocycles. The number of nitrogens with zero attached hydrogens (tertiary/aromatic N) is 1. The van der Waals surface area contributed by atoms with Gasteiger partial charge in [-0.15, -0.1) is 0 Å². The van der Waals surface area contributed by atoms with Crippen LogP contribution in [0.15, 0.2) is 48.7 Å². The van der Waals surface area contributed by atoms with Crippen LogP contribution in [0.3, 0.4) is 0 Å². The Kier molecular flexibility index (Phi) is 6.74. The summed E-state index contributed by atoms with van der Waals surface area (Å²) in [7, 11) is -0.410. The molecule has 1 aromatic heterocycles. The van der Waals surface area contributed by atoms with Gasteiger partial charge in [0.25, 0.3) is 10.2 Å². The summed E-state index contributed by atoms with van der Waals surface area (Å²) < 4.78 is 42.1. The molecule has 1 aliphatic heterocycles. The Labute approximate surface area is 189 Å². The largest absolute Gasteiger partial charge is 0.493 e. The number of nitrogens with one attached hydrogen (secondary N) is 2. The standard InChI is InChI=1S/C24H31N3O4S/c1-17-9-6-7-14-27(17)32(28,29)26-16-21(19-11-8-13-23(30-2)24(19)31-3)20-15-25-22-12-5-4-10-18(20)22/h4-5,8,10-13,15,17,21,25-26H,6-7,9,14,16H2,1-3H3/t17-,21+/m1/s1. The van der Waals surface area contributed by atoms with Gasteiger partial charge in [0.1, 0.15) is 0 Å². The molecule has 8 heteroatoms. The third-order valence-electron chi connectivity index (χ3n) is 6.33. The lowest BCUT2D eigenvalue weighted by Crippen LogP contribution is -2.48. The molecular weight excluding hydrogens is 426 g/mol. The van der Waals surface area contributed by atoms with Gasteiger partial charge < -0.3 is 14.5 Å². The van der Waals surface area contributed by atoms with Crippen LogP contribution in [0.5, 0.6) is 11.5 Å². The molecule has 0 radical (unpaired) electrons. The van der Waals surface area contributed by atoms with Crippen molar-refractivity contribution in [3.05, 3.63) is 59.8 Å². The van der Waals surface area contributed by atoms with Gasteiger partial charge in [0.05, 0.1) is 14.2 Å². The smallest absolute Gasteiger partial charge is 0.279 e. The maximum absolute atomic E-state index is 13.2. The minimum Gasteiger partial charge on any atom is -0.493 e. The van der Waals surface area contributed by atoms with Crippen molar-refractivity contribution in [2.75, 3.05) is 27.3 Å². The second kappa shape index (κ2) is 9.52. The SMILES string of the molecule is COc1cccc([C@H](CNS(=O)(=O)N2CCCC[C@H]2C)c2c[nH]c3ccccc23)c1OC. The van der Waals surface area contributed by atoms with E-state index < -0.39 is 10.2 Å². The van der Waals surface area contributed by atoms with Crippen molar-refractivity contribution in [3.63, 3.8) is 0 Å². The highest BCUT2D eigenvalue weighted by Gasteiger charge is 2.31. The number of methoxy groups -OCH3 is 2. The number of hydrogen-bond acceptors (Lipinski definition) is 4. The first-order chi connectivity index (χ1) is 15.5. The number of para-hydroxylation sites is 2. The van der Waals surface area contributed by atoms with Gasteiger partial charge >= 0.3 is 0 Å². The summed E-state index contributed by atoms with van der Waals surface area (Å²) in [4.78, 5) is 3.31. The molecule has 0 bridgehead atoms. The average molecular weight is 458 g/mol. The number of hydrogen-bond donors (Lipinski definition) is 2. The monoisotopic (exact) mass is 457 g/mol. The number of fused-ring (bicyclic) bond motifs is 1. The van der Waals surface area contributed by atoms with E-state index in [0.717, 1.165) is 41.3 Å². The summed E-state index contributed by atoms with van der Waals surface area (Å²) in [6, 6.07) is 13.7. The van der Waals surface area contributed by atoms with Crippen LogP contribution in [0, 0.1) is 0 Å². The number of aromatic nitrogens is 1. The molecule has 3 aromatic rings. The van der Waals surface area contributed by atoms with Crippen LogP contribution in [0.25, 0.3) is 10.9 Å². The van der Waals surface area contributed by atoms with Crippen LogP contribution in [0.1, 0.15) is 43.2 Å². The van der Waals surface area contributed by atoms with Crippen molar-refractivity contribution in [2.45, 2.75) is 38.1 Å². The van der Waals surface area contributed by atoms with Gasteiger partial charge in [0.15, 0.2) is 11.5 Å². The van der Waals surface area contributed by atoms with Crippen molar-refractivity contribution in [1.82, 2.24) is 14.0 Å². The maximum Gasteiger partial charge on any atom is 0.279 e. The molecule has 32 heavy (non-hydrogen) atoms. The highest BCUT2D eigenvalue weighted by Crippen LogP contribution is 2.40. The van der Waals surface area contributed by atoms with Gasteiger partial charge in [-0.1, -0.05) is 36.8 Å². The second-order valence-electron chi connectivity index (χ2n) is 8.23. The fourth-order valence-electron chi connectivity index (χ4n) is 4.66. The van der Waals surface area contributed by atoms with Gasteiger partial charge in [0, 0.05) is 47.7 Å². The molecular formula is C24H31N3O4S. The molecule has 0 saturated carbocycles. The molecule has 2 aromatic carbocycles. The van der Waals surface area contributed by atoms with Crippen molar-refractivity contribution in [2.24, 2.45) is 0 Å². The van der Waals surface area contributed by atoms with E-state index in [2.05, 4.69) is 9.71 Å². The fourth-order valence-corrected chi connectivity index (χ4v) is 6.15. The highest BCUT2D eigenvalue weighted by molar-refractivity contribution is 7.87. The summed E-state index contributed by atoms with van der Waals surface area (Å²) in [5.74, 6) is 0.948. The maximum atomic E-state index is 13.2. The van der Waals surface area contributed by atoms with Gasteiger partial charge in [-0.3, -0.25) is 0 Å². The summed E-state index contributed by atoms with van der Waals surface area (Å²) >= 11 is 0. The Bertz CT molecular complexity index is 1170. The number of aromatic amines is 1. The third kappa shape index (κ3) is 4.35. The van der Waals surface area contributed by atoms with E-state index in [4.69, 9.17) is 9.47 Å². The van der Waals surface area contributed by atoms with Crippen molar-refractivity contribution < 1.29 is 17.9 Å². The number of rotatable bonds is 8. The minimum atomic E-state index is -3.61. The molecule has 1 saturated heterocycles. The molecule has 2 atom stereocenters. The quantitative estimate of drug-likeness (QED) is 0.535. The van der Waals surface area contributed by atoms with Crippen molar-refractivity contribution >= 4 is 21.1 Å². The lowest BCUT2D eigenvalue weighted by Gasteiger charge is -2.33. The van der Waals surface area contributed by atoms with Crippen LogP contribution in [-0.4, -0.2) is 51.1 Å². The first-order valence-electron chi connectivity index (χ1n) is 11.0. The molecule has 1 aliphatic rings. The summed E-state index contributed by atoms with van der Waals surface area (Å²) in [6.45, 7) is 2.73. The van der Waals surface area contributed by atoms with E-state index in [1.165, 1.54) is 0 Å². The molecule has 4 rings (SSSR count). The Balaban J connectivity index is 1.74. The van der Waals surface area contributed by atoms with E-state index in [0.29, 0.717) is 18.0 Å². The minimum absolute atomic E-state index is 0.000792. The molecule has 0 amide bonds. The topological polar surface area (TPSA) is 83.7 Å². The summed E-state index contributed by atoms with van der Waals surface area (Å²) in [5, 5.41) is 1.05. The molecule has 0 spiro atoms. The predicted molar refractivity (Wildman–Crippen MR) is 127 cm³/mol. The molecule has 172 valence electrons. The summed E-state index contributed by atoms with van der Waals surface area (Å²) in [5.41, 5.74) is 2.87. The molecule has 1 fully saturated rings. The van der Waals surface area contributed by atoms with E-state index >= 15 is 0 Å². The molecule has 2 N–H and O–H groups in total. The van der Waals surface area contributed by atoms with E-state index in [1.54, 1.807) is 18.5 Å². The number of piperidine rings is 1. The Morgan fingerprint density at radius 1 is 1.09 bits per heavy atom. The van der Waals surface area contributed by atoms with Crippen LogP contribution in [0.4, 0.5) is 0 Å². The number of ether oxygens (including phenoxy) is 2. The average Bonchev–Trinajstić information content (AvgIpc) is 3.23. The first-order valence-corrected chi connectivity index (χ1v) is 12.4. The predicted octanol–water partition coefficient (Wildman–Crippen LogP) is 4.03. The molecule has 0 aliphatic carbocycles. The molecule has 0 unspecified atom stereocenters. The molecule has 7 nitrogen and oxygen atoms in total. The zero-order chi connectivity index (χ0) is 22.7. The zero-order valence-electron chi connectivity index (χ0n) is 18.8. The van der Waals surface area contributed by atoms with Gasteiger partial charge in [-0.25, -0.2) is 4.72 Å². The number of H-pyrrole nitrogens is 1. The Hall–Kier alpha value is -2.55. The van der Waals surface area contributed by atoms with E-state index in [9.17, 15) is 8.42 Å². The van der Waals surface area contributed by atoms with Gasteiger partial charge in [-0.2, -0.15) is 12.7 Å². The third-order valence-corrected chi connectivity index (χ3v) is 8.02. The van der Waals surface area contributed by atoms with Crippen molar-refractivity contribution in [3.8, 4) is 11.5 Å². The summed E-state index contributed by atoms with van der Waals surface area (Å²) in [6.07, 6.45) is 4.79. The van der Waals surface area contributed by atoms with Gasteiger partial charge in [0.2, 0.25) is 0 Å². The fraction of sp³-hybridized carbons (Fsp3) is 0.417. The first kappa shape index (κ1) is 22.6. The number of benzene rings is 2. The van der Waals surface area contributed by atoms with Crippen molar-refractivity contribution in [1.29, 1.82) is 0 Å². The van der Waals surface area contributed by atoms with E-state index in [1.807, 2.05) is 55.6 Å². The van der Waals surface area contributed by atoms with Crippen LogP contribution >= 0.6 is 0 Å². The van der Waals surface area contributed by atoms with E-state index in [-0.39, 0.29) is 18.5 Å². The normalized spacial score (nSPS) is 18.5. The Morgan fingerprint density at radius 3 is 2.66 bits per heavy atom. The Morgan fingerprint density at radius 2 is 1.91 bits per heavy atom. The second-order valence-corrected chi connectivity index (χ2v) is 9.94. The van der Waals surface area contributed by atoms with Crippen LogP contribution in [0.2, 0.25) is 0 Å².